The number of benzene rings is 1. The van der Waals surface area contributed by atoms with Crippen LogP contribution in [0.2, 0.25) is 5.02 Å². The summed E-state index contributed by atoms with van der Waals surface area (Å²) in [6.45, 7) is 5.98. The zero-order valence-electron chi connectivity index (χ0n) is 10.2. The van der Waals surface area contributed by atoms with Gasteiger partial charge in [0, 0.05) is 22.3 Å². The van der Waals surface area contributed by atoms with Crippen LogP contribution in [0.4, 0.5) is 0 Å². The van der Waals surface area contributed by atoms with Crippen LogP contribution in [0.5, 0.6) is 0 Å². The Morgan fingerprint density at radius 1 is 1.35 bits per heavy atom. The van der Waals surface area contributed by atoms with Gasteiger partial charge in [-0.15, -0.1) is 0 Å². The van der Waals surface area contributed by atoms with Gasteiger partial charge in [0.1, 0.15) is 0 Å². The Balaban J connectivity index is 2.58. The van der Waals surface area contributed by atoms with Crippen molar-refractivity contribution in [3.05, 3.63) is 46.2 Å². The minimum absolute atomic E-state index is 0.0112. The molecule has 90 valence electrons. The third-order valence-corrected chi connectivity index (χ3v) is 3.09. The van der Waals surface area contributed by atoms with Crippen LogP contribution in [0, 0.1) is 13.8 Å². The molecule has 1 atom stereocenters. The number of hydrogen-bond donors (Lipinski definition) is 1. The first-order valence-corrected chi connectivity index (χ1v) is 5.96. The molecule has 0 saturated heterocycles. The minimum Gasteiger partial charge on any atom is -0.324 e. The summed E-state index contributed by atoms with van der Waals surface area (Å²) in [4.78, 5) is 0. The highest BCUT2D eigenvalue weighted by Crippen LogP contribution is 2.23. The lowest BCUT2D eigenvalue weighted by Crippen LogP contribution is -2.07. The second kappa shape index (κ2) is 4.51. The van der Waals surface area contributed by atoms with Gasteiger partial charge in [-0.05, 0) is 39.0 Å². The lowest BCUT2D eigenvalue weighted by Gasteiger charge is -2.07. The second-order valence-electron chi connectivity index (χ2n) is 4.26. The fourth-order valence-electron chi connectivity index (χ4n) is 2.17. The number of nitrogens with zero attached hydrogens (tertiary/aromatic N) is 2. The van der Waals surface area contributed by atoms with Crippen LogP contribution in [-0.4, -0.2) is 9.78 Å². The van der Waals surface area contributed by atoms with E-state index in [1.54, 1.807) is 0 Å². The third kappa shape index (κ3) is 2.21. The van der Waals surface area contributed by atoms with Crippen LogP contribution in [-0.2, 0) is 0 Å². The molecule has 0 saturated carbocycles. The van der Waals surface area contributed by atoms with Crippen molar-refractivity contribution in [3.63, 3.8) is 0 Å². The van der Waals surface area contributed by atoms with Gasteiger partial charge in [0.25, 0.3) is 0 Å². The molecule has 0 amide bonds. The van der Waals surface area contributed by atoms with Gasteiger partial charge in [-0.1, -0.05) is 17.7 Å². The standard InChI is InChI=1S/C13H16ClN3/c1-8(15)13-9(2)16-17(10(13)3)12-6-4-5-11(14)7-12/h4-8H,15H2,1-3H3. The number of aryl methyl sites for hydroxylation is 1. The molecule has 0 aliphatic heterocycles. The third-order valence-electron chi connectivity index (χ3n) is 2.86. The Morgan fingerprint density at radius 3 is 2.59 bits per heavy atom. The van der Waals surface area contributed by atoms with E-state index in [0.717, 1.165) is 22.6 Å². The van der Waals surface area contributed by atoms with Crippen molar-refractivity contribution in [3.8, 4) is 5.69 Å². The SMILES string of the molecule is Cc1nn(-c2cccc(Cl)c2)c(C)c1C(C)N. The molecule has 2 N–H and O–H groups in total. The summed E-state index contributed by atoms with van der Waals surface area (Å²) in [5.41, 5.74) is 10.1. The summed E-state index contributed by atoms with van der Waals surface area (Å²) >= 11 is 5.99. The van der Waals surface area contributed by atoms with E-state index in [9.17, 15) is 0 Å². The van der Waals surface area contributed by atoms with Crippen molar-refractivity contribution in [2.45, 2.75) is 26.8 Å². The quantitative estimate of drug-likeness (QED) is 0.889. The minimum atomic E-state index is -0.0112. The van der Waals surface area contributed by atoms with Crippen molar-refractivity contribution >= 4 is 11.6 Å². The van der Waals surface area contributed by atoms with Crippen LogP contribution in [0.1, 0.15) is 29.9 Å². The number of nitrogens with two attached hydrogens (primary N) is 1. The molecular weight excluding hydrogens is 234 g/mol. The van der Waals surface area contributed by atoms with Crippen LogP contribution >= 0.6 is 11.6 Å². The maximum Gasteiger partial charge on any atom is 0.0663 e. The summed E-state index contributed by atoms with van der Waals surface area (Å²) in [7, 11) is 0. The monoisotopic (exact) mass is 249 g/mol. The Hall–Kier alpha value is -1.32. The fraction of sp³-hybridized carbons (Fsp3) is 0.308. The van der Waals surface area contributed by atoms with Crippen LogP contribution in [0.25, 0.3) is 5.69 Å². The number of rotatable bonds is 2. The summed E-state index contributed by atoms with van der Waals surface area (Å²) in [5, 5.41) is 5.23. The lowest BCUT2D eigenvalue weighted by molar-refractivity contribution is 0.795. The van der Waals surface area contributed by atoms with Gasteiger partial charge in [0.2, 0.25) is 0 Å². The lowest BCUT2D eigenvalue weighted by atomic mass is 10.1. The normalized spacial score (nSPS) is 12.8. The van der Waals surface area contributed by atoms with Crippen LogP contribution in [0.3, 0.4) is 0 Å². The Bertz CT molecular complexity index is 544. The highest BCUT2D eigenvalue weighted by molar-refractivity contribution is 6.30. The van der Waals surface area contributed by atoms with Crippen LogP contribution in [0.15, 0.2) is 24.3 Å². The summed E-state index contributed by atoms with van der Waals surface area (Å²) in [5.74, 6) is 0. The number of hydrogen-bond acceptors (Lipinski definition) is 2. The van der Waals surface area contributed by atoms with E-state index in [1.165, 1.54) is 0 Å². The Kier molecular flexibility index (Phi) is 3.22. The van der Waals surface area contributed by atoms with E-state index >= 15 is 0 Å². The molecule has 1 unspecified atom stereocenters. The molecule has 2 aromatic rings. The van der Waals surface area contributed by atoms with Gasteiger partial charge in [-0.25, -0.2) is 4.68 Å². The van der Waals surface area contributed by atoms with Gasteiger partial charge in [0.05, 0.1) is 11.4 Å². The van der Waals surface area contributed by atoms with Crippen molar-refractivity contribution in [1.29, 1.82) is 0 Å². The smallest absolute Gasteiger partial charge is 0.0663 e. The molecule has 4 heteroatoms. The molecule has 17 heavy (non-hydrogen) atoms. The van der Waals surface area contributed by atoms with Crippen molar-refractivity contribution in [2.24, 2.45) is 5.73 Å². The first-order chi connectivity index (χ1) is 8.00. The Labute approximate surface area is 106 Å². The molecule has 3 nitrogen and oxygen atoms in total. The van der Waals surface area contributed by atoms with Gasteiger partial charge in [0.15, 0.2) is 0 Å². The maximum absolute atomic E-state index is 5.99. The highest BCUT2D eigenvalue weighted by Gasteiger charge is 2.15. The number of halogens is 1. The molecule has 2 rings (SSSR count). The van der Waals surface area contributed by atoms with E-state index in [1.807, 2.05) is 49.7 Å². The topological polar surface area (TPSA) is 43.8 Å². The molecule has 0 spiro atoms. The van der Waals surface area contributed by atoms with E-state index in [0.29, 0.717) is 5.02 Å². The van der Waals surface area contributed by atoms with E-state index in [4.69, 9.17) is 17.3 Å². The summed E-state index contributed by atoms with van der Waals surface area (Å²) < 4.78 is 1.89. The van der Waals surface area contributed by atoms with E-state index < -0.39 is 0 Å². The molecule has 1 aromatic carbocycles. The van der Waals surface area contributed by atoms with E-state index in [2.05, 4.69) is 5.10 Å². The zero-order valence-corrected chi connectivity index (χ0v) is 11.0. The maximum atomic E-state index is 5.99. The zero-order chi connectivity index (χ0) is 12.6. The summed E-state index contributed by atoms with van der Waals surface area (Å²) in [6, 6.07) is 7.63. The van der Waals surface area contributed by atoms with Gasteiger partial charge in [-0.2, -0.15) is 5.10 Å². The van der Waals surface area contributed by atoms with E-state index in [-0.39, 0.29) is 6.04 Å². The molecule has 0 radical (unpaired) electrons. The first-order valence-electron chi connectivity index (χ1n) is 5.58. The van der Waals surface area contributed by atoms with Crippen LogP contribution < -0.4 is 5.73 Å². The average Bonchev–Trinajstić information content (AvgIpc) is 2.54. The van der Waals surface area contributed by atoms with Crippen molar-refractivity contribution in [1.82, 2.24) is 9.78 Å². The molecule has 1 heterocycles. The largest absolute Gasteiger partial charge is 0.324 e. The Morgan fingerprint density at radius 2 is 2.06 bits per heavy atom. The highest BCUT2D eigenvalue weighted by atomic mass is 35.5. The van der Waals surface area contributed by atoms with Crippen molar-refractivity contribution in [2.75, 3.05) is 0 Å². The molecule has 1 aromatic heterocycles. The van der Waals surface area contributed by atoms with Gasteiger partial charge < -0.3 is 5.73 Å². The second-order valence-corrected chi connectivity index (χ2v) is 4.70. The van der Waals surface area contributed by atoms with Crippen molar-refractivity contribution < 1.29 is 0 Å². The van der Waals surface area contributed by atoms with Gasteiger partial charge in [-0.3, -0.25) is 0 Å². The predicted octanol–water partition coefficient (Wildman–Crippen LogP) is 3.16. The molecular formula is C13H16ClN3. The fourth-order valence-corrected chi connectivity index (χ4v) is 2.36. The number of aromatic nitrogens is 2. The average molecular weight is 250 g/mol. The first kappa shape index (κ1) is 12.1. The molecule has 0 aliphatic carbocycles. The summed E-state index contributed by atoms with van der Waals surface area (Å²) in [6.07, 6.45) is 0. The molecule has 0 bridgehead atoms. The molecule has 0 fully saturated rings. The molecule has 0 aliphatic rings. The predicted molar refractivity (Wildman–Crippen MR) is 70.7 cm³/mol. The van der Waals surface area contributed by atoms with Gasteiger partial charge >= 0.3 is 0 Å².